The maximum Gasteiger partial charge on any atom is 0.410 e. The molecule has 1 amide bonds. The summed E-state index contributed by atoms with van der Waals surface area (Å²) in [5.41, 5.74) is 0.899. The Kier molecular flexibility index (Phi) is 7.60. The minimum absolute atomic E-state index is 0.0740. The largest absolute Gasteiger partial charge is 0.493 e. The summed E-state index contributed by atoms with van der Waals surface area (Å²) < 4.78 is 21.8. The number of carbonyl (C=O) groups is 2. The molecule has 2 aromatic rings. The van der Waals surface area contributed by atoms with Gasteiger partial charge in [-0.05, 0) is 45.7 Å². The Labute approximate surface area is 192 Å². The van der Waals surface area contributed by atoms with Crippen molar-refractivity contribution in [1.29, 1.82) is 0 Å². The van der Waals surface area contributed by atoms with Crippen LogP contribution in [0, 0.1) is 5.92 Å². The molecule has 0 saturated carbocycles. The van der Waals surface area contributed by atoms with Crippen LogP contribution in [0.3, 0.4) is 0 Å². The lowest BCUT2D eigenvalue weighted by Gasteiger charge is -2.33. The number of nitrogens with zero attached hydrogens (tertiary/aromatic N) is 2. The molecule has 2 heterocycles. The van der Waals surface area contributed by atoms with E-state index in [1.165, 1.54) is 11.3 Å². The van der Waals surface area contributed by atoms with E-state index in [9.17, 15) is 9.59 Å². The number of hydrogen-bond acceptors (Lipinski definition) is 8. The number of esters is 1. The summed E-state index contributed by atoms with van der Waals surface area (Å²) in [6.45, 7) is 6.43. The predicted octanol–water partition coefficient (Wildman–Crippen LogP) is 4.52. The smallest absolute Gasteiger partial charge is 0.410 e. The van der Waals surface area contributed by atoms with Crippen molar-refractivity contribution in [2.24, 2.45) is 5.92 Å². The number of hydrogen-bond donors (Lipinski definition) is 0. The summed E-state index contributed by atoms with van der Waals surface area (Å²) in [5, 5.41) is 2.61. The van der Waals surface area contributed by atoms with Crippen LogP contribution in [0.1, 0.15) is 39.3 Å². The van der Waals surface area contributed by atoms with E-state index in [1.807, 2.05) is 44.4 Å². The third-order valence-electron chi connectivity index (χ3n) is 4.95. The molecule has 8 nitrogen and oxygen atoms in total. The molecule has 0 spiro atoms. The molecular formula is C23H30N2O6S. The Bertz CT molecular complexity index is 952. The van der Waals surface area contributed by atoms with Gasteiger partial charge in [0.15, 0.2) is 11.5 Å². The fraction of sp³-hybridized carbons (Fsp3) is 0.522. The first-order valence-corrected chi connectivity index (χ1v) is 11.4. The molecule has 1 atom stereocenters. The van der Waals surface area contributed by atoms with Crippen LogP contribution in [-0.2, 0) is 20.9 Å². The molecule has 0 N–H and O–H groups in total. The van der Waals surface area contributed by atoms with Gasteiger partial charge < -0.3 is 23.8 Å². The average molecular weight is 463 g/mol. The third kappa shape index (κ3) is 5.91. The molecule has 9 heteroatoms. The number of rotatable bonds is 6. The lowest BCUT2D eigenvalue weighted by Crippen LogP contribution is -2.45. The van der Waals surface area contributed by atoms with Gasteiger partial charge >= 0.3 is 12.1 Å². The zero-order valence-electron chi connectivity index (χ0n) is 19.2. The van der Waals surface area contributed by atoms with Crippen LogP contribution in [0.15, 0.2) is 23.6 Å². The molecule has 0 unspecified atom stereocenters. The number of benzene rings is 1. The fourth-order valence-electron chi connectivity index (χ4n) is 3.48. The Morgan fingerprint density at radius 2 is 2.00 bits per heavy atom. The molecule has 0 bridgehead atoms. The summed E-state index contributed by atoms with van der Waals surface area (Å²) in [6.07, 6.45) is 1.02. The summed E-state index contributed by atoms with van der Waals surface area (Å²) in [4.78, 5) is 31.1. The first-order chi connectivity index (χ1) is 15.2. The molecule has 1 aromatic carbocycles. The van der Waals surface area contributed by atoms with Crippen molar-refractivity contribution in [3.05, 3.63) is 29.3 Å². The number of methoxy groups -OCH3 is 2. The number of piperidine rings is 1. The molecule has 0 radical (unpaired) electrons. The second-order valence-electron chi connectivity index (χ2n) is 8.56. The minimum Gasteiger partial charge on any atom is -0.493 e. The number of likely N-dealkylation sites (tertiary alicyclic amines) is 1. The van der Waals surface area contributed by atoms with Crippen LogP contribution in [0.25, 0.3) is 10.6 Å². The first kappa shape index (κ1) is 23.8. The van der Waals surface area contributed by atoms with E-state index in [0.717, 1.165) is 17.0 Å². The molecule has 1 aliphatic heterocycles. The van der Waals surface area contributed by atoms with Crippen LogP contribution in [0.5, 0.6) is 11.5 Å². The number of para-hydroxylation sites is 1. The highest BCUT2D eigenvalue weighted by molar-refractivity contribution is 7.13. The van der Waals surface area contributed by atoms with E-state index in [-0.39, 0.29) is 18.5 Å². The summed E-state index contributed by atoms with van der Waals surface area (Å²) in [5.74, 6) is 0.539. The zero-order valence-corrected chi connectivity index (χ0v) is 20.0. The van der Waals surface area contributed by atoms with E-state index in [1.54, 1.807) is 19.1 Å². The van der Waals surface area contributed by atoms with Gasteiger partial charge in [-0.1, -0.05) is 6.07 Å². The van der Waals surface area contributed by atoms with Crippen LogP contribution in [-0.4, -0.2) is 54.9 Å². The third-order valence-corrected chi connectivity index (χ3v) is 5.88. The number of carbonyl (C=O) groups excluding carboxylic acids is 2. The van der Waals surface area contributed by atoms with Gasteiger partial charge in [0.1, 0.15) is 17.2 Å². The molecule has 174 valence electrons. The van der Waals surface area contributed by atoms with Gasteiger partial charge in [-0.2, -0.15) is 0 Å². The first-order valence-electron chi connectivity index (χ1n) is 10.5. The van der Waals surface area contributed by atoms with Crippen LogP contribution >= 0.6 is 11.3 Å². The van der Waals surface area contributed by atoms with E-state index >= 15 is 0 Å². The SMILES string of the molecule is COc1cccc(-c2nc(COC(=O)[C@@H]3CCCN(C(=O)OC(C)(C)C)C3)cs2)c1OC. The molecule has 1 aliphatic rings. The molecule has 32 heavy (non-hydrogen) atoms. The number of ether oxygens (including phenoxy) is 4. The van der Waals surface area contributed by atoms with Crippen LogP contribution in [0.4, 0.5) is 4.79 Å². The Morgan fingerprint density at radius 1 is 1.22 bits per heavy atom. The summed E-state index contributed by atoms with van der Waals surface area (Å²) in [7, 11) is 3.17. The molecule has 1 fully saturated rings. The molecule has 0 aliphatic carbocycles. The Hall–Kier alpha value is -2.81. The van der Waals surface area contributed by atoms with E-state index < -0.39 is 11.7 Å². The van der Waals surface area contributed by atoms with Crippen molar-refractivity contribution < 1.29 is 28.5 Å². The maximum atomic E-state index is 12.6. The van der Waals surface area contributed by atoms with Crippen molar-refractivity contribution in [3.63, 3.8) is 0 Å². The number of aromatic nitrogens is 1. The zero-order chi connectivity index (χ0) is 23.3. The van der Waals surface area contributed by atoms with Crippen molar-refractivity contribution in [2.45, 2.75) is 45.8 Å². The number of amides is 1. The predicted molar refractivity (Wildman–Crippen MR) is 121 cm³/mol. The summed E-state index contributed by atoms with van der Waals surface area (Å²) >= 11 is 1.44. The minimum atomic E-state index is -0.571. The van der Waals surface area contributed by atoms with Crippen molar-refractivity contribution in [1.82, 2.24) is 9.88 Å². The highest BCUT2D eigenvalue weighted by atomic mass is 32.1. The van der Waals surface area contributed by atoms with E-state index in [4.69, 9.17) is 18.9 Å². The normalized spacial score (nSPS) is 16.4. The molecule has 1 aromatic heterocycles. The van der Waals surface area contributed by atoms with Gasteiger partial charge in [-0.15, -0.1) is 11.3 Å². The van der Waals surface area contributed by atoms with Gasteiger partial charge in [0, 0.05) is 18.5 Å². The maximum absolute atomic E-state index is 12.6. The second-order valence-corrected chi connectivity index (χ2v) is 9.42. The lowest BCUT2D eigenvalue weighted by molar-refractivity contribution is -0.151. The van der Waals surface area contributed by atoms with E-state index in [2.05, 4.69) is 4.98 Å². The lowest BCUT2D eigenvalue weighted by atomic mass is 9.98. The molecule has 1 saturated heterocycles. The standard InChI is InChI=1S/C23H30N2O6S/c1-23(2,3)31-22(27)25-11-7-8-15(12-25)21(26)30-13-16-14-32-20(24-16)17-9-6-10-18(28-4)19(17)29-5/h6,9-10,14-15H,7-8,11-13H2,1-5H3/t15-/m1/s1. The van der Waals surface area contributed by atoms with Gasteiger partial charge in [0.25, 0.3) is 0 Å². The highest BCUT2D eigenvalue weighted by Gasteiger charge is 2.32. The second kappa shape index (κ2) is 10.2. The fourth-order valence-corrected chi connectivity index (χ4v) is 4.30. The van der Waals surface area contributed by atoms with Gasteiger partial charge in [-0.25, -0.2) is 9.78 Å². The van der Waals surface area contributed by atoms with Gasteiger partial charge in [-0.3, -0.25) is 4.79 Å². The molecule has 3 rings (SSSR count). The Balaban J connectivity index is 1.59. The van der Waals surface area contributed by atoms with Crippen LogP contribution in [0.2, 0.25) is 0 Å². The topological polar surface area (TPSA) is 87.2 Å². The average Bonchev–Trinajstić information content (AvgIpc) is 3.24. The Morgan fingerprint density at radius 3 is 2.69 bits per heavy atom. The quantitative estimate of drug-likeness (QED) is 0.584. The van der Waals surface area contributed by atoms with Crippen molar-refractivity contribution in [2.75, 3.05) is 27.3 Å². The summed E-state index contributed by atoms with van der Waals surface area (Å²) in [6, 6.07) is 5.60. The van der Waals surface area contributed by atoms with E-state index in [0.29, 0.717) is 36.7 Å². The van der Waals surface area contributed by atoms with Gasteiger partial charge in [0.2, 0.25) is 0 Å². The van der Waals surface area contributed by atoms with Crippen LogP contribution < -0.4 is 9.47 Å². The highest BCUT2D eigenvalue weighted by Crippen LogP contribution is 2.39. The monoisotopic (exact) mass is 462 g/mol. The van der Waals surface area contributed by atoms with Crippen molar-refractivity contribution in [3.8, 4) is 22.1 Å². The number of thiazole rings is 1. The van der Waals surface area contributed by atoms with Crippen molar-refractivity contribution >= 4 is 23.4 Å². The molecular weight excluding hydrogens is 432 g/mol. The van der Waals surface area contributed by atoms with Gasteiger partial charge in [0.05, 0.1) is 31.4 Å².